The molecule has 0 atom stereocenters. The van der Waals surface area contributed by atoms with E-state index in [-0.39, 0.29) is 12.3 Å². The Morgan fingerprint density at radius 3 is 2.57 bits per heavy atom. The summed E-state index contributed by atoms with van der Waals surface area (Å²) in [6.07, 6.45) is 2.13. The minimum atomic E-state index is -0.860. The van der Waals surface area contributed by atoms with Gasteiger partial charge >= 0.3 is 5.97 Å². The Labute approximate surface area is 137 Å². The fourth-order valence-electron chi connectivity index (χ4n) is 2.88. The standard InChI is InChI=1S/C18H25NO4/c1-13(2)14-6-3-4-7-15(14)23-11-10-19-16(20)12-18(17(21)22)8-5-9-18/h3-4,6-7,13H,5,8-12H2,1-2H3,(H,19,20)(H,21,22). The highest BCUT2D eigenvalue weighted by Gasteiger charge is 2.45. The zero-order valence-corrected chi connectivity index (χ0v) is 13.8. The number of ether oxygens (including phenoxy) is 1. The van der Waals surface area contributed by atoms with Crippen LogP contribution in [-0.4, -0.2) is 30.1 Å². The Morgan fingerprint density at radius 1 is 1.30 bits per heavy atom. The van der Waals surface area contributed by atoms with Gasteiger partial charge in [-0.1, -0.05) is 38.5 Å². The SMILES string of the molecule is CC(C)c1ccccc1OCCNC(=O)CC1(C(=O)O)CCC1. The van der Waals surface area contributed by atoms with Gasteiger partial charge < -0.3 is 15.2 Å². The molecule has 23 heavy (non-hydrogen) atoms. The van der Waals surface area contributed by atoms with Gasteiger partial charge in [0, 0.05) is 6.42 Å². The van der Waals surface area contributed by atoms with Crippen LogP contribution in [0.2, 0.25) is 0 Å². The van der Waals surface area contributed by atoms with E-state index in [2.05, 4.69) is 19.2 Å². The van der Waals surface area contributed by atoms with Gasteiger partial charge in [-0.2, -0.15) is 0 Å². The number of aliphatic carboxylic acids is 1. The van der Waals surface area contributed by atoms with Crippen molar-refractivity contribution in [2.75, 3.05) is 13.2 Å². The minimum Gasteiger partial charge on any atom is -0.491 e. The molecule has 1 aliphatic carbocycles. The lowest BCUT2D eigenvalue weighted by Gasteiger charge is -2.36. The van der Waals surface area contributed by atoms with Crippen molar-refractivity contribution < 1.29 is 19.4 Å². The second-order valence-corrected chi connectivity index (χ2v) is 6.51. The maximum absolute atomic E-state index is 11.9. The summed E-state index contributed by atoms with van der Waals surface area (Å²) >= 11 is 0. The molecule has 1 amide bonds. The fourth-order valence-corrected chi connectivity index (χ4v) is 2.88. The summed E-state index contributed by atoms with van der Waals surface area (Å²) in [6.45, 7) is 4.96. The average molecular weight is 319 g/mol. The number of benzene rings is 1. The van der Waals surface area contributed by atoms with E-state index in [1.54, 1.807) is 0 Å². The predicted octanol–water partition coefficient (Wildman–Crippen LogP) is 2.95. The van der Waals surface area contributed by atoms with Gasteiger partial charge in [0.05, 0.1) is 12.0 Å². The number of rotatable bonds is 8. The number of amides is 1. The molecule has 1 aliphatic rings. The van der Waals surface area contributed by atoms with E-state index in [0.29, 0.717) is 31.9 Å². The molecule has 0 heterocycles. The molecule has 0 aromatic heterocycles. The Kier molecular flexibility index (Phi) is 5.64. The van der Waals surface area contributed by atoms with Crippen LogP contribution in [0, 0.1) is 5.41 Å². The highest BCUT2D eigenvalue weighted by molar-refractivity contribution is 5.85. The molecular formula is C18H25NO4. The molecule has 1 aromatic rings. The summed E-state index contributed by atoms with van der Waals surface area (Å²) in [5.41, 5.74) is 0.299. The van der Waals surface area contributed by atoms with Gasteiger partial charge in [-0.05, 0) is 30.4 Å². The number of para-hydroxylation sites is 1. The molecule has 126 valence electrons. The van der Waals surface area contributed by atoms with Crippen molar-refractivity contribution in [1.29, 1.82) is 0 Å². The Morgan fingerprint density at radius 2 is 2.00 bits per heavy atom. The van der Waals surface area contributed by atoms with E-state index in [4.69, 9.17) is 4.74 Å². The van der Waals surface area contributed by atoms with Gasteiger partial charge in [0.1, 0.15) is 12.4 Å². The third kappa shape index (κ3) is 4.24. The van der Waals surface area contributed by atoms with Crippen LogP contribution in [-0.2, 0) is 9.59 Å². The second-order valence-electron chi connectivity index (χ2n) is 6.51. The molecule has 1 fully saturated rings. The van der Waals surface area contributed by atoms with Crippen molar-refractivity contribution in [3.05, 3.63) is 29.8 Å². The first kappa shape index (κ1) is 17.3. The van der Waals surface area contributed by atoms with Crippen molar-refractivity contribution in [3.8, 4) is 5.75 Å². The Hall–Kier alpha value is -2.04. The molecule has 0 bridgehead atoms. The van der Waals surface area contributed by atoms with Gasteiger partial charge in [-0.3, -0.25) is 9.59 Å². The van der Waals surface area contributed by atoms with Crippen molar-refractivity contribution in [2.45, 2.75) is 45.4 Å². The molecule has 1 saturated carbocycles. The van der Waals surface area contributed by atoms with Crippen LogP contribution in [0.1, 0.15) is 51.0 Å². The van der Waals surface area contributed by atoms with Crippen molar-refractivity contribution in [1.82, 2.24) is 5.32 Å². The first-order chi connectivity index (χ1) is 10.9. The summed E-state index contributed by atoms with van der Waals surface area (Å²) in [5, 5.41) is 12.0. The van der Waals surface area contributed by atoms with Crippen LogP contribution in [0.15, 0.2) is 24.3 Å². The summed E-state index contributed by atoms with van der Waals surface area (Å²) < 4.78 is 5.74. The van der Waals surface area contributed by atoms with E-state index >= 15 is 0 Å². The monoisotopic (exact) mass is 319 g/mol. The number of carbonyl (C=O) groups excluding carboxylic acids is 1. The summed E-state index contributed by atoms with van der Waals surface area (Å²) in [7, 11) is 0. The fraction of sp³-hybridized carbons (Fsp3) is 0.556. The Balaban J connectivity index is 1.75. The smallest absolute Gasteiger partial charge is 0.310 e. The summed E-state index contributed by atoms with van der Waals surface area (Å²) in [5.74, 6) is 0.126. The molecule has 2 rings (SSSR count). The first-order valence-corrected chi connectivity index (χ1v) is 8.16. The second kappa shape index (κ2) is 7.49. The quantitative estimate of drug-likeness (QED) is 0.722. The van der Waals surface area contributed by atoms with Gasteiger partial charge in [-0.25, -0.2) is 0 Å². The Bertz CT molecular complexity index is 564. The molecular weight excluding hydrogens is 294 g/mol. The van der Waals surface area contributed by atoms with Gasteiger partial charge in [-0.15, -0.1) is 0 Å². The lowest BCUT2D eigenvalue weighted by Crippen LogP contribution is -2.43. The van der Waals surface area contributed by atoms with Gasteiger partial charge in [0.2, 0.25) is 5.91 Å². The largest absolute Gasteiger partial charge is 0.491 e. The molecule has 5 heteroatoms. The third-order valence-corrected chi connectivity index (χ3v) is 4.49. The van der Waals surface area contributed by atoms with E-state index in [1.807, 2.05) is 24.3 Å². The van der Waals surface area contributed by atoms with Crippen molar-refractivity contribution in [2.24, 2.45) is 5.41 Å². The lowest BCUT2D eigenvalue weighted by molar-refractivity contribution is -0.157. The zero-order chi connectivity index (χ0) is 16.9. The highest BCUT2D eigenvalue weighted by Crippen LogP contribution is 2.44. The maximum Gasteiger partial charge on any atom is 0.310 e. The minimum absolute atomic E-state index is 0.0604. The van der Waals surface area contributed by atoms with E-state index < -0.39 is 11.4 Å². The number of nitrogens with one attached hydrogen (secondary N) is 1. The normalized spacial score (nSPS) is 15.8. The van der Waals surface area contributed by atoms with Crippen LogP contribution >= 0.6 is 0 Å². The van der Waals surface area contributed by atoms with E-state index in [0.717, 1.165) is 17.7 Å². The van der Waals surface area contributed by atoms with E-state index in [1.165, 1.54) is 0 Å². The summed E-state index contributed by atoms with van der Waals surface area (Å²) in [6, 6.07) is 7.86. The number of carboxylic acid groups (broad SMARTS) is 1. The van der Waals surface area contributed by atoms with Gasteiger partial charge in [0.25, 0.3) is 0 Å². The predicted molar refractivity (Wildman–Crippen MR) is 87.6 cm³/mol. The number of carbonyl (C=O) groups is 2. The molecule has 0 radical (unpaired) electrons. The molecule has 1 aromatic carbocycles. The van der Waals surface area contributed by atoms with Gasteiger partial charge in [0.15, 0.2) is 0 Å². The molecule has 0 saturated heterocycles. The average Bonchev–Trinajstić information content (AvgIpc) is 2.47. The van der Waals surface area contributed by atoms with Crippen molar-refractivity contribution >= 4 is 11.9 Å². The molecule has 5 nitrogen and oxygen atoms in total. The zero-order valence-electron chi connectivity index (χ0n) is 13.8. The van der Waals surface area contributed by atoms with Crippen LogP contribution in [0.3, 0.4) is 0 Å². The number of hydrogen-bond donors (Lipinski definition) is 2. The lowest BCUT2D eigenvalue weighted by atomic mass is 9.66. The summed E-state index contributed by atoms with van der Waals surface area (Å²) in [4.78, 5) is 23.2. The maximum atomic E-state index is 11.9. The number of carboxylic acids is 1. The topological polar surface area (TPSA) is 75.6 Å². The molecule has 2 N–H and O–H groups in total. The molecule has 0 unspecified atom stereocenters. The van der Waals surface area contributed by atoms with Crippen LogP contribution in [0.4, 0.5) is 0 Å². The number of hydrogen-bond acceptors (Lipinski definition) is 3. The van der Waals surface area contributed by atoms with E-state index in [9.17, 15) is 14.7 Å². The van der Waals surface area contributed by atoms with Crippen molar-refractivity contribution in [3.63, 3.8) is 0 Å². The van der Waals surface area contributed by atoms with Crippen LogP contribution in [0.5, 0.6) is 5.75 Å². The van der Waals surface area contributed by atoms with Crippen LogP contribution in [0.25, 0.3) is 0 Å². The highest BCUT2D eigenvalue weighted by atomic mass is 16.5. The first-order valence-electron chi connectivity index (χ1n) is 8.16. The molecule has 0 spiro atoms. The van der Waals surface area contributed by atoms with Crippen LogP contribution < -0.4 is 10.1 Å². The third-order valence-electron chi connectivity index (χ3n) is 4.49. The molecule has 0 aliphatic heterocycles.